The van der Waals surface area contributed by atoms with Gasteiger partial charge in [-0.25, -0.2) is 29.9 Å². The van der Waals surface area contributed by atoms with E-state index in [1.165, 1.54) is 27.5 Å². The molecule has 0 saturated carbocycles. The van der Waals surface area contributed by atoms with Gasteiger partial charge < -0.3 is 4.42 Å². The first kappa shape index (κ1) is 70.9. The summed E-state index contributed by atoms with van der Waals surface area (Å²) in [6.07, 6.45) is 0. The molecule has 22 aromatic rings. The fraction of sp³-hybridized carbons (Fsp3) is 0. The summed E-state index contributed by atoms with van der Waals surface area (Å²) in [5.41, 5.74) is 31.1. The van der Waals surface area contributed by atoms with Gasteiger partial charge in [0, 0.05) is 87.6 Å². The molecule has 17 aromatic carbocycles. The Morgan fingerprint density at radius 2 is 0.454 bits per heavy atom. The van der Waals surface area contributed by atoms with Crippen molar-refractivity contribution in [3.05, 3.63) is 437 Å². The van der Waals surface area contributed by atoms with Gasteiger partial charge >= 0.3 is 0 Å². The minimum atomic E-state index is 0.670. The minimum Gasteiger partial charge on any atom is -0.455 e. The van der Waals surface area contributed by atoms with Crippen LogP contribution in [0.15, 0.2) is 441 Å². The van der Waals surface area contributed by atoms with Gasteiger partial charge in [-0.3, -0.25) is 0 Å². The van der Waals surface area contributed by atoms with E-state index in [0.717, 1.165) is 183 Å². The predicted molar refractivity (Wildman–Crippen MR) is 493 cm³/mol. The van der Waals surface area contributed by atoms with Gasteiger partial charge in [0.05, 0.1) is 45.2 Å². The van der Waals surface area contributed by atoms with E-state index >= 15 is 0 Å². The van der Waals surface area contributed by atoms with E-state index in [-0.39, 0.29) is 0 Å². The van der Waals surface area contributed by atoms with Crippen molar-refractivity contribution < 1.29 is 4.42 Å². The second kappa shape index (κ2) is 31.1. The fourth-order valence-electron chi connectivity index (χ4n) is 16.7. The van der Waals surface area contributed by atoms with Crippen molar-refractivity contribution in [2.75, 3.05) is 0 Å². The Bertz CT molecular complexity index is 7460. The van der Waals surface area contributed by atoms with Crippen LogP contribution in [-0.4, -0.2) is 29.9 Å². The van der Waals surface area contributed by atoms with E-state index < -0.39 is 0 Å². The number of aromatic nitrogens is 6. The van der Waals surface area contributed by atoms with Crippen LogP contribution in [0, 0.1) is 0 Å². The lowest BCUT2D eigenvalue weighted by Gasteiger charge is -2.14. The molecule has 556 valence electrons. The van der Waals surface area contributed by atoms with Gasteiger partial charge in [-0.05, 0) is 121 Å². The Balaban J connectivity index is 0.000000148. The third-order valence-corrected chi connectivity index (χ3v) is 22.6. The molecule has 119 heavy (non-hydrogen) atoms. The Morgan fingerprint density at radius 3 is 0.882 bits per heavy atom. The van der Waals surface area contributed by atoms with Crippen molar-refractivity contribution in [1.82, 2.24) is 29.9 Å². The van der Waals surface area contributed by atoms with Crippen molar-refractivity contribution in [3.8, 4) is 157 Å². The summed E-state index contributed by atoms with van der Waals surface area (Å²) in [5.74, 6) is 1.36. The smallest absolute Gasteiger partial charge is 0.160 e. The van der Waals surface area contributed by atoms with Gasteiger partial charge in [-0.2, -0.15) is 0 Å². The number of hydrogen-bond donors (Lipinski definition) is 0. The van der Waals surface area contributed by atoms with Gasteiger partial charge in [0.2, 0.25) is 0 Å². The number of para-hydroxylation sites is 4. The summed E-state index contributed by atoms with van der Waals surface area (Å²) in [7, 11) is 0. The van der Waals surface area contributed by atoms with Crippen molar-refractivity contribution in [1.29, 1.82) is 0 Å². The van der Waals surface area contributed by atoms with Crippen LogP contribution in [-0.2, 0) is 0 Å². The largest absolute Gasteiger partial charge is 0.455 e. The van der Waals surface area contributed by atoms with Crippen LogP contribution in [0.5, 0.6) is 0 Å². The SMILES string of the molecule is c1ccc(-c2cc(-c3ccccc3)cc(-c3cc(-c4ccc(-c5ccc(-c6cccc7c(-c8ccccc8)nc8ccccc8c67)cc5)cc4)nc(-c4ccccc4)n3)c2)cc1.c1ccc(-c2nc(-c3ccc(-c4ccc(-c5cccc6c(-c7ccccc7)nc7ccccc7c56)cc4)cc3)cc(-c3cccc4c3oc3ccccc34)n2)cc1. The molecular formula is C112H72N6O. The first-order valence-electron chi connectivity index (χ1n) is 40.2. The maximum atomic E-state index is 6.43. The molecule has 0 amide bonds. The summed E-state index contributed by atoms with van der Waals surface area (Å²) < 4.78 is 6.43. The van der Waals surface area contributed by atoms with E-state index in [1.54, 1.807) is 0 Å². The van der Waals surface area contributed by atoms with E-state index in [2.05, 4.69) is 376 Å². The molecule has 0 bridgehead atoms. The van der Waals surface area contributed by atoms with Crippen LogP contribution in [0.4, 0.5) is 0 Å². The van der Waals surface area contributed by atoms with Gasteiger partial charge in [0.15, 0.2) is 11.6 Å². The molecule has 7 heteroatoms. The van der Waals surface area contributed by atoms with Crippen LogP contribution in [0.1, 0.15) is 0 Å². The van der Waals surface area contributed by atoms with Crippen LogP contribution < -0.4 is 0 Å². The minimum absolute atomic E-state index is 0.670. The molecule has 0 N–H and O–H groups in total. The molecule has 0 aliphatic carbocycles. The lowest BCUT2D eigenvalue weighted by Crippen LogP contribution is -1.96. The highest BCUT2D eigenvalue weighted by Gasteiger charge is 2.22. The molecular weight excluding hydrogens is 1450 g/mol. The maximum absolute atomic E-state index is 6.43. The van der Waals surface area contributed by atoms with Crippen LogP contribution >= 0.6 is 0 Å². The average molecular weight is 1520 g/mol. The Kier molecular flexibility index (Phi) is 18.5. The highest BCUT2D eigenvalue weighted by Crippen LogP contribution is 2.44. The molecule has 0 spiro atoms. The molecule has 5 aromatic heterocycles. The number of pyridine rings is 2. The van der Waals surface area contributed by atoms with E-state index in [9.17, 15) is 0 Å². The second-order valence-electron chi connectivity index (χ2n) is 29.9. The maximum Gasteiger partial charge on any atom is 0.160 e. The lowest BCUT2D eigenvalue weighted by atomic mass is 9.92. The molecule has 0 radical (unpaired) electrons. The number of hydrogen-bond acceptors (Lipinski definition) is 7. The van der Waals surface area contributed by atoms with Gasteiger partial charge in [-0.1, -0.05) is 382 Å². The Morgan fingerprint density at radius 1 is 0.160 bits per heavy atom. The van der Waals surface area contributed by atoms with Gasteiger partial charge in [0.25, 0.3) is 0 Å². The van der Waals surface area contributed by atoms with Crippen molar-refractivity contribution in [3.63, 3.8) is 0 Å². The standard InChI is InChI=1S/C59H39N3.C53H33N3O/c1-5-16-40(17-6-1)48-36-49(41-18-7-2-8-19-41)38-50(37-48)56-39-55(61-59(62-56)47-22-11-4-12-23-47)45-34-30-43(31-35-45)42-28-32-44(33-29-42)51-25-15-26-53-57(51)52-24-13-14-27-54(52)60-58(53)46-20-9-3-10-21-46;1-3-13-38(14-4-1)51-45-22-11-19-40(50(45)43-18-7-9-23-46(43)54-51)36-29-25-34(26-30-36)35-27-31-37(32-28-35)47-33-48(56-53(55-47)39-15-5-2-6-16-39)44-21-12-20-42-41-17-8-10-24-49(41)57-52(42)44/h1-39H;1-33H. The second-order valence-corrected chi connectivity index (χ2v) is 29.9. The predicted octanol–water partition coefficient (Wildman–Crippen LogP) is 29.6. The molecule has 7 nitrogen and oxygen atoms in total. The number of rotatable bonds is 14. The highest BCUT2D eigenvalue weighted by atomic mass is 16.3. The number of fused-ring (bicyclic) bond motifs is 9. The molecule has 0 aliphatic rings. The summed E-state index contributed by atoms with van der Waals surface area (Å²) in [6.45, 7) is 0. The summed E-state index contributed by atoms with van der Waals surface area (Å²) >= 11 is 0. The number of nitrogens with zero attached hydrogens (tertiary/aromatic N) is 6. The zero-order valence-corrected chi connectivity index (χ0v) is 64.7. The normalized spacial score (nSPS) is 11.4. The summed E-state index contributed by atoms with van der Waals surface area (Å²) in [6, 6.07) is 153. The first-order valence-corrected chi connectivity index (χ1v) is 40.2. The highest BCUT2D eigenvalue weighted by molar-refractivity contribution is 6.19. The fourth-order valence-corrected chi connectivity index (χ4v) is 16.7. The summed E-state index contributed by atoms with van der Waals surface area (Å²) in [4.78, 5) is 30.9. The third kappa shape index (κ3) is 13.9. The number of furan rings is 1. The van der Waals surface area contributed by atoms with Gasteiger partial charge in [0.1, 0.15) is 11.2 Å². The monoisotopic (exact) mass is 1520 g/mol. The van der Waals surface area contributed by atoms with Crippen LogP contribution in [0.25, 0.3) is 222 Å². The zero-order valence-electron chi connectivity index (χ0n) is 64.7. The van der Waals surface area contributed by atoms with Gasteiger partial charge in [-0.15, -0.1) is 0 Å². The van der Waals surface area contributed by atoms with E-state index in [4.69, 9.17) is 34.3 Å². The van der Waals surface area contributed by atoms with Crippen molar-refractivity contribution in [2.45, 2.75) is 0 Å². The molecule has 22 rings (SSSR count). The topological polar surface area (TPSA) is 90.5 Å². The first-order chi connectivity index (χ1) is 59.0. The average Bonchev–Trinajstić information content (AvgIpc) is 1.39. The third-order valence-electron chi connectivity index (χ3n) is 22.6. The molecule has 0 saturated heterocycles. The van der Waals surface area contributed by atoms with Crippen molar-refractivity contribution >= 4 is 65.3 Å². The molecule has 0 atom stereocenters. The van der Waals surface area contributed by atoms with E-state index in [1.807, 2.05) is 60.7 Å². The van der Waals surface area contributed by atoms with E-state index in [0.29, 0.717) is 11.6 Å². The molecule has 0 fully saturated rings. The Hall–Kier alpha value is -16.0. The number of benzene rings is 17. The quantitative estimate of drug-likeness (QED) is 0.100. The molecule has 5 heterocycles. The zero-order chi connectivity index (χ0) is 79.0. The van der Waals surface area contributed by atoms with Crippen LogP contribution in [0.3, 0.4) is 0 Å². The summed E-state index contributed by atoms with van der Waals surface area (Å²) in [5, 5.41) is 9.20. The van der Waals surface area contributed by atoms with Crippen molar-refractivity contribution in [2.24, 2.45) is 0 Å². The molecule has 0 unspecified atom stereocenters. The molecule has 0 aliphatic heterocycles. The Labute approximate surface area is 688 Å². The van der Waals surface area contributed by atoms with Crippen LogP contribution in [0.2, 0.25) is 0 Å². The lowest BCUT2D eigenvalue weighted by molar-refractivity contribution is 0.670.